The van der Waals surface area contributed by atoms with E-state index in [0.717, 1.165) is 21.2 Å². The van der Waals surface area contributed by atoms with E-state index < -0.39 is 0 Å². The van der Waals surface area contributed by atoms with Crippen molar-refractivity contribution >= 4 is 69.6 Å². The van der Waals surface area contributed by atoms with Gasteiger partial charge in [-0.1, -0.05) is 149 Å². The fourth-order valence-corrected chi connectivity index (χ4v) is 5.15. The van der Waals surface area contributed by atoms with Crippen LogP contribution in [-0.4, -0.2) is 0 Å². The Bertz CT molecular complexity index is 1320. The second-order valence-corrected chi connectivity index (χ2v) is 13.8. The molecule has 0 radical (unpaired) electrons. The summed E-state index contributed by atoms with van der Waals surface area (Å²) in [6.07, 6.45) is 0. The van der Waals surface area contributed by atoms with Crippen LogP contribution in [-0.2, 0) is 0 Å². The van der Waals surface area contributed by atoms with Crippen LogP contribution in [0.5, 0.6) is 0 Å². The van der Waals surface area contributed by atoms with E-state index in [0.29, 0.717) is 37.8 Å². The molecule has 0 aliphatic heterocycles. The van der Waals surface area contributed by atoms with Crippen molar-refractivity contribution < 1.29 is 4.39 Å². The highest BCUT2D eigenvalue weighted by Crippen LogP contribution is 2.27. The smallest absolute Gasteiger partial charge is 0.128 e. The molecule has 0 bridgehead atoms. The summed E-state index contributed by atoms with van der Waals surface area (Å²) in [5, 5.41) is 4.13. The molecule has 4 aromatic carbocycles. The van der Waals surface area contributed by atoms with Gasteiger partial charge in [-0.3, -0.25) is 0 Å². The Morgan fingerprint density at radius 3 is 1.21 bits per heavy atom. The van der Waals surface area contributed by atoms with Gasteiger partial charge in [0.2, 0.25) is 0 Å². The van der Waals surface area contributed by atoms with Crippen LogP contribution in [0.3, 0.4) is 0 Å². The van der Waals surface area contributed by atoms with Crippen LogP contribution in [0.4, 0.5) is 4.39 Å². The third-order valence-electron chi connectivity index (χ3n) is 6.26. The van der Waals surface area contributed by atoms with Crippen LogP contribution >= 0.6 is 69.6 Å². The summed E-state index contributed by atoms with van der Waals surface area (Å²) in [5.74, 6) is 1.53. The van der Waals surface area contributed by atoms with Gasteiger partial charge >= 0.3 is 0 Å². The molecule has 4 rings (SSSR count). The van der Waals surface area contributed by atoms with Gasteiger partial charge in [0.15, 0.2) is 0 Å². The fraction of sp³-hybridized carbons (Fsp3) is 0.333. The van der Waals surface area contributed by atoms with E-state index in [1.54, 1.807) is 24.3 Å². The highest BCUT2D eigenvalue weighted by molar-refractivity contribution is 6.35. The maximum atomic E-state index is 13.0. The zero-order valence-electron chi connectivity index (χ0n) is 26.0. The first-order chi connectivity index (χ1) is 20.0. The van der Waals surface area contributed by atoms with Gasteiger partial charge in [-0.15, -0.1) is 0 Å². The molecule has 0 saturated carbocycles. The van der Waals surface area contributed by atoms with Crippen molar-refractivity contribution in [1.29, 1.82) is 0 Å². The lowest BCUT2D eigenvalue weighted by atomic mass is 10.0. The first kappa shape index (κ1) is 39.6. The lowest BCUT2D eigenvalue weighted by Crippen LogP contribution is -1.91. The van der Waals surface area contributed by atoms with E-state index in [2.05, 4.69) is 53.7 Å². The van der Waals surface area contributed by atoms with E-state index in [1.165, 1.54) is 17.2 Å². The Hall–Kier alpha value is -1.45. The van der Waals surface area contributed by atoms with Gasteiger partial charge in [0.05, 0.1) is 0 Å². The number of rotatable bonds is 4. The molecule has 0 unspecified atom stereocenters. The summed E-state index contributed by atoms with van der Waals surface area (Å²) < 4.78 is 13.0. The quantitative estimate of drug-likeness (QED) is 0.198. The van der Waals surface area contributed by atoms with Crippen LogP contribution in [0.1, 0.15) is 101 Å². The largest absolute Gasteiger partial charge is 0.207 e. The van der Waals surface area contributed by atoms with Gasteiger partial charge in [-0.05, 0) is 101 Å². The van der Waals surface area contributed by atoms with Crippen LogP contribution in [0.2, 0.25) is 30.1 Å². The van der Waals surface area contributed by atoms with Gasteiger partial charge in [-0.25, -0.2) is 4.39 Å². The van der Waals surface area contributed by atoms with E-state index in [1.807, 2.05) is 50.2 Å². The SMILES string of the molecule is CC(C)c1cc(Cl)cc(Cl)c1.CC(C)c1ccc(Cl)cc1.CC(C)c1ccc(Cl)cc1Cl.CC(C)c1ccc(Cl)cc1F. The van der Waals surface area contributed by atoms with Crippen molar-refractivity contribution in [1.82, 2.24) is 0 Å². The summed E-state index contributed by atoms with van der Waals surface area (Å²) >= 11 is 34.6. The predicted molar refractivity (Wildman–Crippen MR) is 192 cm³/mol. The summed E-state index contributed by atoms with van der Waals surface area (Å²) in [5.41, 5.74) is 4.39. The zero-order chi connectivity index (χ0) is 32.9. The van der Waals surface area contributed by atoms with E-state index in [4.69, 9.17) is 69.6 Å². The van der Waals surface area contributed by atoms with Gasteiger partial charge in [-0.2, -0.15) is 0 Å². The second-order valence-electron chi connectivity index (χ2n) is 11.2. The zero-order valence-corrected chi connectivity index (χ0v) is 30.5. The van der Waals surface area contributed by atoms with Gasteiger partial charge in [0.1, 0.15) is 5.82 Å². The molecule has 0 aliphatic carbocycles. The molecule has 0 fully saturated rings. The van der Waals surface area contributed by atoms with Crippen molar-refractivity contribution in [2.75, 3.05) is 0 Å². The predicted octanol–water partition coefficient (Wildman–Crippen LogP) is 15.3. The number of hydrogen-bond acceptors (Lipinski definition) is 0. The molecule has 0 atom stereocenters. The van der Waals surface area contributed by atoms with Crippen molar-refractivity contribution in [2.45, 2.75) is 79.1 Å². The Kier molecular flexibility index (Phi) is 18.3. The molecule has 0 spiro atoms. The van der Waals surface area contributed by atoms with Crippen molar-refractivity contribution in [2.24, 2.45) is 0 Å². The summed E-state index contributed by atoms with van der Waals surface area (Å²) in [4.78, 5) is 0. The first-order valence-corrected chi connectivity index (χ1v) is 16.4. The monoisotopic (exact) mass is 702 g/mol. The van der Waals surface area contributed by atoms with Crippen LogP contribution in [0, 0.1) is 5.82 Å². The molecule has 0 aromatic heterocycles. The fourth-order valence-electron chi connectivity index (χ4n) is 3.70. The molecule has 0 N–H and O–H groups in total. The second kappa shape index (κ2) is 19.8. The molecule has 0 amide bonds. The molecular weight excluding hydrogens is 664 g/mol. The maximum absolute atomic E-state index is 13.0. The standard InChI is InChI=1S/2C9H10Cl2.C9H10ClF.C9H11Cl/c1-6(2)7-3-8(10)5-9(11)4-7;2*1-6(2)8-4-3-7(10)5-9(8)11;1-7(2)8-3-5-9(10)6-4-8/h3*3-6H,1-2H3;3-7H,1-2H3. The van der Waals surface area contributed by atoms with Gasteiger partial charge in [0, 0.05) is 30.1 Å². The molecular formula is C36H41Cl6F. The molecule has 0 nitrogen and oxygen atoms in total. The minimum absolute atomic E-state index is 0.215. The molecule has 0 aliphatic rings. The number of halogens is 7. The molecule has 0 heterocycles. The first-order valence-electron chi connectivity index (χ1n) is 14.1. The van der Waals surface area contributed by atoms with Crippen LogP contribution in [0.25, 0.3) is 0 Å². The van der Waals surface area contributed by atoms with Crippen LogP contribution < -0.4 is 0 Å². The van der Waals surface area contributed by atoms with Crippen molar-refractivity contribution in [3.63, 3.8) is 0 Å². The Balaban J connectivity index is 0.000000287. The number of benzene rings is 4. The van der Waals surface area contributed by atoms with Crippen molar-refractivity contribution in [3.05, 3.63) is 137 Å². The molecule has 43 heavy (non-hydrogen) atoms. The Labute approximate surface area is 288 Å². The van der Waals surface area contributed by atoms with E-state index in [9.17, 15) is 4.39 Å². The molecule has 4 aromatic rings. The Morgan fingerprint density at radius 2 is 0.814 bits per heavy atom. The third kappa shape index (κ3) is 15.4. The minimum atomic E-state index is -0.215. The minimum Gasteiger partial charge on any atom is -0.207 e. The lowest BCUT2D eigenvalue weighted by Gasteiger charge is -2.06. The topological polar surface area (TPSA) is 0 Å². The van der Waals surface area contributed by atoms with Crippen LogP contribution in [0.15, 0.2) is 78.9 Å². The summed E-state index contributed by atoms with van der Waals surface area (Å²) in [7, 11) is 0. The normalized spacial score (nSPS) is 10.6. The average Bonchev–Trinajstić information content (AvgIpc) is 2.89. The average molecular weight is 705 g/mol. The van der Waals surface area contributed by atoms with Gasteiger partial charge < -0.3 is 0 Å². The highest BCUT2D eigenvalue weighted by atomic mass is 35.5. The third-order valence-corrected chi connectivity index (χ3v) is 7.74. The molecule has 7 heteroatoms. The molecule has 234 valence electrons. The number of hydrogen-bond donors (Lipinski definition) is 0. The van der Waals surface area contributed by atoms with Crippen molar-refractivity contribution in [3.8, 4) is 0 Å². The maximum Gasteiger partial charge on any atom is 0.128 e. The summed E-state index contributed by atoms with van der Waals surface area (Å²) in [6.45, 7) is 16.7. The Morgan fingerprint density at radius 1 is 0.395 bits per heavy atom. The van der Waals surface area contributed by atoms with Gasteiger partial charge in [0.25, 0.3) is 0 Å². The van der Waals surface area contributed by atoms with E-state index in [-0.39, 0.29) is 11.7 Å². The summed E-state index contributed by atoms with van der Waals surface area (Å²) in [6, 6.07) is 24.0. The lowest BCUT2D eigenvalue weighted by molar-refractivity contribution is 0.598. The molecule has 0 saturated heterocycles. The highest BCUT2D eigenvalue weighted by Gasteiger charge is 2.06. The van der Waals surface area contributed by atoms with E-state index >= 15 is 0 Å².